The number of aryl methyl sites for hydroxylation is 1. The van der Waals surface area contributed by atoms with Gasteiger partial charge in [0.2, 0.25) is 0 Å². The quantitative estimate of drug-likeness (QED) is 0.619. The third-order valence-corrected chi connectivity index (χ3v) is 7.66. The van der Waals surface area contributed by atoms with Crippen molar-refractivity contribution in [3.05, 3.63) is 27.1 Å². The predicted molar refractivity (Wildman–Crippen MR) is 119 cm³/mol. The Morgan fingerprint density at radius 2 is 1.61 bits per heavy atom. The zero-order valence-corrected chi connectivity index (χ0v) is 19.0. The highest BCUT2D eigenvalue weighted by Gasteiger charge is 2.27. The van der Waals surface area contributed by atoms with Crippen molar-refractivity contribution in [3.63, 3.8) is 0 Å². The van der Waals surface area contributed by atoms with Crippen LogP contribution in [0.4, 0.5) is 0 Å². The summed E-state index contributed by atoms with van der Waals surface area (Å²) >= 11 is 1.18. The topological polar surface area (TPSA) is 87.5 Å². The van der Waals surface area contributed by atoms with Gasteiger partial charge in [-0.1, -0.05) is 12.8 Å². The van der Waals surface area contributed by atoms with Gasteiger partial charge in [-0.15, -0.1) is 11.3 Å². The second-order valence-corrected chi connectivity index (χ2v) is 9.73. The molecule has 0 bridgehead atoms. The first-order valence-corrected chi connectivity index (χ1v) is 12.2. The predicted octanol–water partition coefficient (Wildman–Crippen LogP) is 4.69. The molecule has 8 heteroatoms. The summed E-state index contributed by atoms with van der Waals surface area (Å²) in [6, 6.07) is -0.775. The summed E-state index contributed by atoms with van der Waals surface area (Å²) in [6.07, 6.45) is 11.4. The summed E-state index contributed by atoms with van der Waals surface area (Å²) in [4.78, 5) is 43.8. The van der Waals surface area contributed by atoms with E-state index in [9.17, 15) is 14.4 Å². The molecule has 1 unspecified atom stereocenters. The van der Waals surface area contributed by atoms with E-state index in [2.05, 4.69) is 4.98 Å². The Kier molecular flexibility index (Phi) is 6.74. The number of hydrogen-bond donors (Lipinski definition) is 0. The molecule has 0 spiro atoms. The van der Waals surface area contributed by atoms with Crippen molar-refractivity contribution in [2.45, 2.75) is 96.3 Å². The second-order valence-electron chi connectivity index (χ2n) is 8.73. The van der Waals surface area contributed by atoms with Gasteiger partial charge in [-0.2, -0.15) is 0 Å². The normalized spacial score (nSPS) is 19.3. The summed E-state index contributed by atoms with van der Waals surface area (Å²) in [6.45, 7) is 3.40. The van der Waals surface area contributed by atoms with Gasteiger partial charge in [0.1, 0.15) is 28.0 Å². The number of fused-ring (bicyclic) bond motifs is 1. The van der Waals surface area contributed by atoms with Crippen LogP contribution in [0.1, 0.15) is 92.4 Å². The van der Waals surface area contributed by atoms with Gasteiger partial charge in [0.25, 0.3) is 5.56 Å². The summed E-state index contributed by atoms with van der Waals surface area (Å²) in [5.74, 6) is -0.803. The Hall–Kier alpha value is -2.22. The van der Waals surface area contributed by atoms with Crippen molar-refractivity contribution < 1.29 is 19.1 Å². The van der Waals surface area contributed by atoms with Gasteiger partial charge in [-0.3, -0.25) is 9.36 Å². The summed E-state index contributed by atoms with van der Waals surface area (Å²) < 4.78 is 12.6. The van der Waals surface area contributed by atoms with Crippen LogP contribution in [0.5, 0.6) is 0 Å². The van der Waals surface area contributed by atoms with E-state index < -0.39 is 12.0 Å². The summed E-state index contributed by atoms with van der Waals surface area (Å²) in [5.41, 5.74) is 0.240. The molecule has 0 aromatic carbocycles. The summed E-state index contributed by atoms with van der Waals surface area (Å²) in [7, 11) is 0. The molecule has 2 aromatic heterocycles. The van der Waals surface area contributed by atoms with E-state index in [-0.39, 0.29) is 23.7 Å². The molecule has 2 heterocycles. The molecule has 2 aliphatic rings. The fourth-order valence-corrected chi connectivity index (χ4v) is 5.58. The van der Waals surface area contributed by atoms with Gasteiger partial charge >= 0.3 is 11.9 Å². The lowest BCUT2D eigenvalue weighted by molar-refractivity contribution is -0.154. The number of rotatable bonds is 5. The summed E-state index contributed by atoms with van der Waals surface area (Å²) in [5, 5.41) is 0.375. The average molecular weight is 447 g/mol. The van der Waals surface area contributed by atoms with Crippen LogP contribution in [0.15, 0.2) is 11.1 Å². The van der Waals surface area contributed by atoms with E-state index >= 15 is 0 Å². The van der Waals surface area contributed by atoms with Crippen molar-refractivity contribution in [2.75, 3.05) is 0 Å². The third kappa shape index (κ3) is 4.68. The van der Waals surface area contributed by atoms with Crippen LogP contribution in [-0.4, -0.2) is 33.7 Å². The Morgan fingerprint density at radius 3 is 2.23 bits per heavy atom. The third-order valence-electron chi connectivity index (χ3n) is 6.48. The first-order valence-electron chi connectivity index (χ1n) is 11.4. The first kappa shape index (κ1) is 22.0. The molecule has 31 heavy (non-hydrogen) atoms. The van der Waals surface area contributed by atoms with Gasteiger partial charge in [-0.25, -0.2) is 14.6 Å². The van der Waals surface area contributed by atoms with Gasteiger partial charge in [-0.05, 0) is 70.8 Å². The molecule has 2 aromatic rings. The molecule has 0 N–H and O–H groups in total. The Labute approximate surface area is 185 Å². The van der Waals surface area contributed by atoms with Crippen LogP contribution >= 0.6 is 11.3 Å². The molecular formula is C23H30N2O5S. The number of nitrogens with zero attached hydrogens (tertiary/aromatic N) is 2. The number of esters is 2. The molecule has 0 amide bonds. The van der Waals surface area contributed by atoms with Crippen LogP contribution in [0.2, 0.25) is 0 Å². The van der Waals surface area contributed by atoms with Gasteiger partial charge in [0.15, 0.2) is 0 Å². The van der Waals surface area contributed by atoms with Crippen LogP contribution in [0.25, 0.3) is 10.2 Å². The largest absolute Gasteiger partial charge is 0.461 e. The van der Waals surface area contributed by atoms with Gasteiger partial charge < -0.3 is 9.47 Å². The maximum atomic E-state index is 13.2. The lowest BCUT2D eigenvalue weighted by Crippen LogP contribution is -2.32. The molecule has 168 valence electrons. The number of ether oxygens (including phenoxy) is 2. The Balaban J connectivity index is 1.55. The van der Waals surface area contributed by atoms with Crippen molar-refractivity contribution in [1.29, 1.82) is 0 Å². The smallest absolute Gasteiger partial charge is 0.348 e. The fourth-order valence-electron chi connectivity index (χ4n) is 4.55. The number of hydrogen-bond acceptors (Lipinski definition) is 7. The van der Waals surface area contributed by atoms with Crippen LogP contribution in [-0.2, 0) is 14.3 Å². The zero-order valence-electron chi connectivity index (χ0n) is 18.2. The molecule has 2 saturated carbocycles. The van der Waals surface area contributed by atoms with Crippen molar-refractivity contribution >= 4 is 33.5 Å². The molecule has 7 nitrogen and oxygen atoms in total. The molecule has 4 rings (SSSR count). The lowest BCUT2D eigenvalue weighted by atomic mass is 9.98. The zero-order chi connectivity index (χ0) is 22.0. The fraction of sp³-hybridized carbons (Fsp3) is 0.652. The Morgan fingerprint density at radius 1 is 1.03 bits per heavy atom. The minimum Gasteiger partial charge on any atom is -0.461 e. The highest BCUT2D eigenvalue weighted by molar-refractivity contribution is 7.20. The van der Waals surface area contributed by atoms with E-state index in [1.54, 1.807) is 13.8 Å². The molecular weight excluding hydrogens is 416 g/mol. The van der Waals surface area contributed by atoms with Crippen molar-refractivity contribution in [2.24, 2.45) is 0 Å². The molecule has 0 aliphatic heterocycles. The minimum atomic E-state index is -0.775. The average Bonchev–Trinajstić information content (AvgIpc) is 3.12. The van der Waals surface area contributed by atoms with E-state index in [1.807, 2.05) is 0 Å². The number of carbonyl (C=O) groups excluding carboxylic acids is 2. The molecule has 1 atom stereocenters. The second kappa shape index (κ2) is 9.51. The number of thiophene rings is 1. The molecule has 2 aliphatic carbocycles. The molecule has 0 saturated heterocycles. The Bertz CT molecular complexity index is 1010. The monoisotopic (exact) mass is 446 g/mol. The van der Waals surface area contributed by atoms with E-state index in [0.29, 0.717) is 20.7 Å². The SMILES string of the molecule is Cc1c(C(=O)OC2CCCCC2)sc2ncn(C(C)C(=O)OC3CCCCC3)c(=O)c12. The van der Waals surface area contributed by atoms with Gasteiger partial charge in [0, 0.05) is 0 Å². The number of aromatic nitrogens is 2. The first-order chi connectivity index (χ1) is 15.0. The van der Waals surface area contributed by atoms with Crippen LogP contribution < -0.4 is 5.56 Å². The van der Waals surface area contributed by atoms with Crippen LogP contribution in [0.3, 0.4) is 0 Å². The standard InChI is InChI=1S/C23H30N2O5S/c1-14-18-20(31-19(14)23(28)30-17-11-7-4-8-12-17)24-13-25(21(18)26)15(2)22(27)29-16-9-5-3-6-10-16/h13,15-17H,3-12H2,1-2H3. The maximum Gasteiger partial charge on any atom is 0.348 e. The highest BCUT2D eigenvalue weighted by Crippen LogP contribution is 2.30. The van der Waals surface area contributed by atoms with Crippen molar-refractivity contribution in [1.82, 2.24) is 9.55 Å². The molecule has 2 fully saturated rings. The highest BCUT2D eigenvalue weighted by atomic mass is 32.1. The van der Waals surface area contributed by atoms with E-state index in [1.165, 1.54) is 35.1 Å². The maximum absolute atomic E-state index is 13.2. The van der Waals surface area contributed by atoms with Crippen LogP contribution in [0, 0.1) is 6.92 Å². The lowest BCUT2D eigenvalue weighted by Gasteiger charge is -2.24. The van der Waals surface area contributed by atoms with E-state index in [0.717, 1.165) is 51.4 Å². The minimum absolute atomic E-state index is 0.0509. The van der Waals surface area contributed by atoms with Gasteiger partial charge in [0.05, 0.1) is 11.7 Å². The number of carbonyl (C=O) groups is 2. The van der Waals surface area contributed by atoms with E-state index in [4.69, 9.17) is 9.47 Å². The molecule has 0 radical (unpaired) electrons. The van der Waals surface area contributed by atoms with Crippen molar-refractivity contribution in [3.8, 4) is 0 Å².